The van der Waals surface area contributed by atoms with Gasteiger partial charge in [-0.1, -0.05) is 38.1 Å². The van der Waals surface area contributed by atoms with Crippen LogP contribution in [0.25, 0.3) is 33.8 Å². The molecule has 0 saturated heterocycles. The molecule has 4 aromatic heterocycles. The van der Waals surface area contributed by atoms with Crippen LogP contribution in [0.15, 0.2) is 41.2 Å². The molecular weight excluding hydrogens is 465 g/mol. The number of carbonyl (C=O) groups excluding carboxylic acids is 1. The van der Waals surface area contributed by atoms with Crippen molar-refractivity contribution < 1.29 is 13.7 Å². The number of aromatic amines is 1. The van der Waals surface area contributed by atoms with Crippen LogP contribution in [0.2, 0.25) is 0 Å². The number of amides is 1. The number of carbonyl (C=O) groups is 1. The van der Waals surface area contributed by atoms with Gasteiger partial charge in [0.05, 0.1) is 11.2 Å². The normalized spacial score (nSPS) is 11.8. The van der Waals surface area contributed by atoms with E-state index in [-0.39, 0.29) is 17.9 Å². The van der Waals surface area contributed by atoms with Crippen LogP contribution in [0.5, 0.6) is 0 Å². The van der Waals surface area contributed by atoms with Crippen LogP contribution in [0, 0.1) is 5.82 Å². The molecule has 0 radical (unpaired) electrons. The average Bonchev–Trinajstić information content (AvgIpc) is 3.55. The molecule has 36 heavy (non-hydrogen) atoms. The Morgan fingerprint density at radius 2 is 2.06 bits per heavy atom. The van der Waals surface area contributed by atoms with E-state index in [1.807, 2.05) is 20.8 Å². The summed E-state index contributed by atoms with van der Waals surface area (Å²) in [5.41, 5.74) is 9.38. The maximum atomic E-state index is 15.0. The summed E-state index contributed by atoms with van der Waals surface area (Å²) in [7, 11) is 1.77. The lowest BCUT2D eigenvalue weighted by molar-refractivity contribution is 0.0906. The third-order valence-electron chi connectivity index (χ3n) is 5.57. The van der Waals surface area contributed by atoms with Gasteiger partial charge in [-0.15, -0.1) is 0 Å². The highest BCUT2D eigenvalue weighted by atomic mass is 19.1. The van der Waals surface area contributed by atoms with Gasteiger partial charge in [0.2, 0.25) is 0 Å². The number of anilines is 1. The molecule has 1 aromatic carbocycles. The van der Waals surface area contributed by atoms with Gasteiger partial charge in [0.25, 0.3) is 0 Å². The fourth-order valence-corrected chi connectivity index (χ4v) is 3.68. The van der Waals surface area contributed by atoms with E-state index >= 15 is 4.39 Å². The Morgan fingerprint density at radius 1 is 1.25 bits per heavy atom. The van der Waals surface area contributed by atoms with Crippen molar-refractivity contribution in [1.29, 1.82) is 0 Å². The number of hydrogen-bond donors (Lipinski definition) is 3. The number of aryl methyl sites for hydroxylation is 1. The highest BCUT2D eigenvalue weighted by Crippen LogP contribution is 2.30. The van der Waals surface area contributed by atoms with E-state index in [0.717, 1.165) is 0 Å². The monoisotopic (exact) mass is 489 g/mol. The van der Waals surface area contributed by atoms with Crippen LogP contribution >= 0.6 is 0 Å². The number of imidazole rings is 1. The molecule has 0 aliphatic heterocycles. The molecule has 5 aromatic rings. The van der Waals surface area contributed by atoms with E-state index in [9.17, 15) is 4.79 Å². The molecule has 0 saturated carbocycles. The summed E-state index contributed by atoms with van der Waals surface area (Å²) in [5.74, 6) is -0.332. The van der Waals surface area contributed by atoms with E-state index < -0.39 is 11.7 Å². The summed E-state index contributed by atoms with van der Waals surface area (Å²) >= 11 is 0. The average molecular weight is 490 g/mol. The number of halogens is 1. The Balaban J connectivity index is 1.37. The minimum atomic E-state index is -0.573. The van der Waals surface area contributed by atoms with E-state index in [4.69, 9.17) is 10.3 Å². The molecule has 12 heteroatoms. The zero-order valence-electron chi connectivity index (χ0n) is 20.1. The third-order valence-corrected chi connectivity index (χ3v) is 5.57. The summed E-state index contributed by atoms with van der Waals surface area (Å²) < 4.78 is 21.6. The van der Waals surface area contributed by atoms with Gasteiger partial charge in [-0.25, -0.2) is 14.4 Å². The van der Waals surface area contributed by atoms with Crippen LogP contribution in [0.3, 0.4) is 0 Å². The molecule has 11 nitrogen and oxygen atoms in total. The van der Waals surface area contributed by atoms with Gasteiger partial charge in [-0.2, -0.15) is 10.1 Å². The molecule has 1 amide bonds. The van der Waals surface area contributed by atoms with Crippen molar-refractivity contribution in [2.45, 2.75) is 32.7 Å². The number of nitrogens with two attached hydrogens (primary N) is 1. The number of rotatable bonds is 5. The van der Waals surface area contributed by atoms with Gasteiger partial charge < -0.3 is 20.6 Å². The van der Waals surface area contributed by atoms with Gasteiger partial charge >= 0.3 is 11.8 Å². The molecule has 4 heterocycles. The third kappa shape index (κ3) is 4.28. The summed E-state index contributed by atoms with van der Waals surface area (Å²) in [4.78, 5) is 28.5. The Morgan fingerprint density at radius 3 is 2.72 bits per heavy atom. The first kappa shape index (κ1) is 23.1. The number of hydrogen-bond acceptors (Lipinski definition) is 8. The lowest BCUT2D eigenvalue weighted by atomic mass is 9.96. The Kier molecular flexibility index (Phi) is 5.50. The van der Waals surface area contributed by atoms with E-state index in [1.165, 1.54) is 6.07 Å². The van der Waals surface area contributed by atoms with E-state index in [2.05, 4.69) is 35.5 Å². The van der Waals surface area contributed by atoms with Crippen LogP contribution in [-0.4, -0.2) is 40.8 Å². The summed E-state index contributed by atoms with van der Waals surface area (Å²) in [5, 5.41) is 10.8. The number of nitrogen functional groups attached to an aromatic ring is 1. The number of nitrogens with one attached hydrogen (secondary N) is 2. The summed E-state index contributed by atoms with van der Waals surface area (Å²) in [6.07, 6.45) is 3.29. The largest absolute Gasteiger partial charge is 0.396 e. The first-order valence-corrected chi connectivity index (χ1v) is 11.2. The zero-order chi connectivity index (χ0) is 25.6. The predicted molar refractivity (Wildman–Crippen MR) is 130 cm³/mol. The second-order valence-corrected chi connectivity index (χ2v) is 9.41. The van der Waals surface area contributed by atoms with Crippen LogP contribution < -0.4 is 11.1 Å². The Labute approximate surface area is 204 Å². The smallest absolute Gasteiger partial charge is 0.315 e. The van der Waals surface area contributed by atoms with Crippen molar-refractivity contribution in [2.75, 3.05) is 5.73 Å². The number of benzene rings is 1. The van der Waals surface area contributed by atoms with Gasteiger partial charge in [0.1, 0.15) is 5.82 Å². The van der Waals surface area contributed by atoms with E-state index in [1.54, 1.807) is 42.3 Å². The molecule has 0 unspecified atom stereocenters. The second-order valence-electron chi connectivity index (χ2n) is 9.41. The SMILES string of the molecule is Cn1cc(N)c(-c2nc3nccc(-c4ccc(CNC(=O)c5nc(C(C)(C)C)no5)c(F)c4)c3[nH]2)n1. The number of fused-ring (bicyclic) bond motifs is 1. The lowest BCUT2D eigenvalue weighted by Gasteiger charge is -2.10. The van der Waals surface area contributed by atoms with Crippen molar-refractivity contribution in [3.63, 3.8) is 0 Å². The van der Waals surface area contributed by atoms with Crippen molar-refractivity contribution >= 4 is 22.8 Å². The zero-order valence-corrected chi connectivity index (χ0v) is 20.1. The topological polar surface area (TPSA) is 153 Å². The second kappa shape index (κ2) is 8.56. The Hall–Kier alpha value is -4.61. The highest BCUT2D eigenvalue weighted by molar-refractivity contribution is 5.92. The first-order valence-electron chi connectivity index (χ1n) is 11.2. The fourth-order valence-electron chi connectivity index (χ4n) is 3.68. The molecule has 0 bridgehead atoms. The molecule has 0 fully saturated rings. The predicted octanol–water partition coefficient (Wildman–Crippen LogP) is 3.36. The molecule has 0 spiro atoms. The van der Waals surface area contributed by atoms with Gasteiger partial charge in [-0.3, -0.25) is 9.48 Å². The van der Waals surface area contributed by atoms with Crippen LogP contribution in [0.4, 0.5) is 10.1 Å². The first-order chi connectivity index (χ1) is 17.1. The maximum Gasteiger partial charge on any atom is 0.315 e. The minimum Gasteiger partial charge on any atom is -0.396 e. The molecule has 5 rings (SSSR count). The molecule has 0 atom stereocenters. The standard InChI is InChI=1S/C24H24FN9O2/c1-24(2,3)23-31-22(36-33-23)21(35)28-10-13-6-5-12(9-15(13)25)14-7-8-27-19-17(14)29-20(30-19)18-16(26)11-34(4)32-18/h5-9,11H,10,26H2,1-4H3,(H,28,35)(H,27,29,30). The van der Waals surface area contributed by atoms with Crippen molar-refractivity contribution in [3.05, 3.63) is 59.8 Å². The van der Waals surface area contributed by atoms with Gasteiger partial charge in [-0.05, 0) is 17.7 Å². The molecular formula is C24H24FN9O2. The highest BCUT2D eigenvalue weighted by Gasteiger charge is 2.24. The molecule has 4 N–H and O–H groups in total. The Bertz CT molecular complexity index is 1590. The van der Waals surface area contributed by atoms with Crippen molar-refractivity contribution in [1.82, 2.24) is 40.2 Å². The molecule has 184 valence electrons. The van der Waals surface area contributed by atoms with E-state index in [0.29, 0.717) is 50.9 Å². The number of pyridine rings is 1. The number of H-pyrrole nitrogens is 1. The van der Waals surface area contributed by atoms with Crippen molar-refractivity contribution in [2.24, 2.45) is 7.05 Å². The van der Waals surface area contributed by atoms with Crippen LogP contribution in [-0.2, 0) is 19.0 Å². The van der Waals surface area contributed by atoms with Gasteiger partial charge in [0, 0.05) is 42.5 Å². The fraction of sp³-hybridized carbons (Fsp3) is 0.250. The number of nitrogens with zero attached hydrogens (tertiary/aromatic N) is 6. The minimum absolute atomic E-state index is 0.0446. The molecule has 0 aliphatic carbocycles. The lowest BCUT2D eigenvalue weighted by Crippen LogP contribution is -2.24. The van der Waals surface area contributed by atoms with Crippen LogP contribution in [0.1, 0.15) is 42.8 Å². The van der Waals surface area contributed by atoms with Crippen molar-refractivity contribution in [3.8, 4) is 22.6 Å². The summed E-state index contributed by atoms with van der Waals surface area (Å²) in [6, 6.07) is 6.54. The quantitative estimate of drug-likeness (QED) is 0.340. The molecule has 0 aliphatic rings. The maximum absolute atomic E-state index is 15.0. The number of aromatic nitrogens is 7. The summed E-state index contributed by atoms with van der Waals surface area (Å²) in [6.45, 7) is 5.68. The van der Waals surface area contributed by atoms with Gasteiger partial charge in [0.15, 0.2) is 23.0 Å².